The highest BCUT2D eigenvalue weighted by Gasteiger charge is 1.94. The minimum Gasteiger partial charge on any atom is -0.478 e. The van der Waals surface area contributed by atoms with Gasteiger partial charge in [-0.3, -0.25) is 0 Å². The van der Waals surface area contributed by atoms with Gasteiger partial charge in [-0.1, -0.05) is 17.7 Å². The predicted molar refractivity (Wildman–Crippen MR) is 52.9 cm³/mol. The summed E-state index contributed by atoms with van der Waals surface area (Å²) < 4.78 is 0. The van der Waals surface area contributed by atoms with Gasteiger partial charge in [-0.05, 0) is 36.3 Å². The van der Waals surface area contributed by atoms with Crippen LogP contribution in [-0.2, 0) is 4.79 Å². The van der Waals surface area contributed by atoms with Crippen molar-refractivity contribution in [3.05, 3.63) is 40.4 Å². The van der Waals surface area contributed by atoms with E-state index in [9.17, 15) is 4.79 Å². The van der Waals surface area contributed by atoms with Crippen LogP contribution in [0, 0.1) is 6.92 Å². The summed E-state index contributed by atoms with van der Waals surface area (Å²) in [4.78, 5) is 10.2. The molecular formula is C10H9ClO2. The second-order valence-electron chi connectivity index (χ2n) is 2.73. The molecule has 0 amide bonds. The van der Waals surface area contributed by atoms with Crippen molar-refractivity contribution in [2.75, 3.05) is 0 Å². The number of hydrogen-bond donors (Lipinski definition) is 1. The Kier molecular flexibility index (Phi) is 3.09. The molecule has 0 aliphatic heterocycles. The van der Waals surface area contributed by atoms with E-state index in [2.05, 4.69) is 0 Å². The maximum Gasteiger partial charge on any atom is 0.328 e. The van der Waals surface area contributed by atoms with Crippen molar-refractivity contribution in [1.29, 1.82) is 0 Å². The van der Waals surface area contributed by atoms with Crippen LogP contribution in [-0.4, -0.2) is 11.1 Å². The Labute approximate surface area is 81.5 Å². The van der Waals surface area contributed by atoms with Gasteiger partial charge in [-0.25, -0.2) is 4.79 Å². The van der Waals surface area contributed by atoms with Gasteiger partial charge < -0.3 is 5.11 Å². The predicted octanol–water partition coefficient (Wildman–Crippen LogP) is 2.75. The fourth-order valence-corrected chi connectivity index (χ4v) is 1.33. The van der Waals surface area contributed by atoms with Crippen LogP contribution >= 0.6 is 11.6 Å². The van der Waals surface area contributed by atoms with Crippen LogP contribution in [0.1, 0.15) is 11.1 Å². The van der Waals surface area contributed by atoms with Gasteiger partial charge in [0, 0.05) is 11.1 Å². The summed E-state index contributed by atoms with van der Waals surface area (Å²) in [6.07, 6.45) is 2.60. The summed E-state index contributed by atoms with van der Waals surface area (Å²) in [6, 6.07) is 5.40. The van der Waals surface area contributed by atoms with Crippen molar-refractivity contribution in [3.63, 3.8) is 0 Å². The Morgan fingerprint density at radius 2 is 2.15 bits per heavy atom. The zero-order valence-electron chi connectivity index (χ0n) is 7.12. The van der Waals surface area contributed by atoms with Crippen molar-refractivity contribution < 1.29 is 9.90 Å². The highest BCUT2D eigenvalue weighted by Crippen LogP contribution is 2.15. The van der Waals surface area contributed by atoms with E-state index in [-0.39, 0.29) is 0 Å². The minimum absolute atomic E-state index is 0.616. The van der Waals surface area contributed by atoms with E-state index in [1.807, 2.05) is 19.1 Å². The molecule has 3 heteroatoms. The molecule has 0 bridgehead atoms. The van der Waals surface area contributed by atoms with Crippen LogP contribution in [0.25, 0.3) is 6.08 Å². The largest absolute Gasteiger partial charge is 0.478 e. The highest BCUT2D eigenvalue weighted by molar-refractivity contribution is 6.30. The Morgan fingerprint density at radius 3 is 2.69 bits per heavy atom. The van der Waals surface area contributed by atoms with E-state index in [1.54, 1.807) is 6.07 Å². The van der Waals surface area contributed by atoms with Crippen molar-refractivity contribution in [3.8, 4) is 0 Å². The molecule has 1 aromatic carbocycles. The third kappa shape index (κ3) is 3.30. The molecule has 1 rings (SSSR count). The number of carbonyl (C=O) groups is 1. The van der Waals surface area contributed by atoms with Crippen molar-refractivity contribution in [1.82, 2.24) is 0 Å². The lowest BCUT2D eigenvalue weighted by Crippen LogP contribution is -1.86. The van der Waals surface area contributed by atoms with Crippen LogP contribution < -0.4 is 0 Å². The zero-order valence-corrected chi connectivity index (χ0v) is 7.88. The van der Waals surface area contributed by atoms with Gasteiger partial charge in [0.05, 0.1) is 0 Å². The normalized spacial score (nSPS) is 10.6. The molecule has 0 fully saturated rings. The molecule has 0 saturated heterocycles. The Balaban J connectivity index is 2.95. The highest BCUT2D eigenvalue weighted by atomic mass is 35.5. The molecule has 0 unspecified atom stereocenters. The number of hydrogen-bond acceptors (Lipinski definition) is 1. The monoisotopic (exact) mass is 196 g/mol. The number of carboxylic acid groups (broad SMARTS) is 1. The van der Waals surface area contributed by atoms with Crippen molar-refractivity contribution in [2.24, 2.45) is 0 Å². The quantitative estimate of drug-likeness (QED) is 0.739. The average Bonchev–Trinajstić information content (AvgIpc) is 1.99. The lowest BCUT2D eigenvalue weighted by atomic mass is 10.1. The summed E-state index contributed by atoms with van der Waals surface area (Å²) >= 11 is 5.78. The Hall–Kier alpha value is -1.28. The first-order chi connectivity index (χ1) is 6.08. The van der Waals surface area contributed by atoms with Crippen molar-refractivity contribution in [2.45, 2.75) is 6.92 Å². The number of aliphatic carboxylic acids is 1. The van der Waals surface area contributed by atoms with Gasteiger partial charge in [-0.15, -0.1) is 0 Å². The van der Waals surface area contributed by atoms with Crippen LogP contribution in [0.15, 0.2) is 24.3 Å². The van der Waals surface area contributed by atoms with Gasteiger partial charge in [0.1, 0.15) is 0 Å². The lowest BCUT2D eigenvalue weighted by Gasteiger charge is -1.97. The smallest absolute Gasteiger partial charge is 0.328 e. The van der Waals surface area contributed by atoms with Crippen LogP contribution in [0.3, 0.4) is 0 Å². The minimum atomic E-state index is -0.961. The van der Waals surface area contributed by atoms with E-state index in [0.717, 1.165) is 17.2 Å². The molecule has 0 aliphatic rings. The maximum absolute atomic E-state index is 10.2. The van der Waals surface area contributed by atoms with Gasteiger partial charge in [0.15, 0.2) is 0 Å². The molecule has 1 aromatic rings. The first kappa shape index (κ1) is 9.81. The second-order valence-corrected chi connectivity index (χ2v) is 3.17. The molecule has 0 spiro atoms. The fourth-order valence-electron chi connectivity index (χ4n) is 1.03. The molecule has 0 radical (unpaired) electrons. The van der Waals surface area contributed by atoms with Gasteiger partial charge >= 0.3 is 5.97 Å². The first-order valence-electron chi connectivity index (χ1n) is 3.76. The molecule has 68 valence electrons. The molecule has 0 heterocycles. The van der Waals surface area contributed by atoms with Gasteiger partial charge in [0.2, 0.25) is 0 Å². The molecule has 0 aliphatic carbocycles. The maximum atomic E-state index is 10.2. The number of carboxylic acids is 1. The molecule has 0 aromatic heterocycles. The third-order valence-corrected chi connectivity index (χ3v) is 1.70. The summed E-state index contributed by atoms with van der Waals surface area (Å²) in [5.74, 6) is -0.961. The molecule has 2 nitrogen and oxygen atoms in total. The van der Waals surface area contributed by atoms with Crippen LogP contribution in [0.5, 0.6) is 0 Å². The Morgan fingerprint density at radius 1 is 1.46 bits per heavy atom. The molecule has 1 N–H and O–H groups in total. The summed E-state index contributed by atoms with van der Waals surface area (Å²) in [7, 11) is 0. The standard InChI is InChI=1S/C10H9ClO2/c1-7-4-8(2-3-10(12)13)6-9(11)5-7/h2-6H,1H3,(H,12,13). The summed E-state index contributed by atoms with van der Waals surface area (Å²) in [6.45, 7) is 1.91. The topological polar surface area (TPSA) is 37.3 Å². The second kappa shape index (κ2) is 4.10. The van der Waals surface area contributed by atoms with Gasteiger partial charge in [0.25, 0.3) is 0 Å². The number of aryl methyl sites for hydroxylation is 1. The van der Waals surface area contributed by atoms with E-state index >= 15 is 0 Å². The molecule has 0 atom stereocenters. The third-order valence-electron chi connectivity index (χ3n) is 1.48. The molecule has 0 saturated carbocycles. The van der Waals surface area contributed by atoms with Crippen LogP contribution in [0.4, 0.5) is 0 Å². The number of rotatable bonds is 2. The first-order valence-corrected chi connectivity index (χ1v) is 4.14. The fraction of sp³-hybridized carbons (Fsp3) is 0.100. The zero-order chi connectivity index (χ0) is 9.84. The van der Waals surface area contributed by atoms with Crippen LogP contribution in [0.2, 0.25) is 5.02 Å². The van der Waals surface area contributed by atoms with E-state index < -0.39 is 5.97 Å². The number of benzene rings is 1. The number of halogens is 1. The Bertz CT molecular complexity index is 336. The SMILES string of the molecule is Cc1cc(Cl)cc(C=CC(=O)O)c1. The summed E-state index contributed by atoms with van der Waals surface area (Å²) in [5.41, 5.74) is 1.81. The van der Waals surface area contributed by atoms with E-state index in [4.69, 9.17) is 16.7 Å². The van der Waals surface area contributed by atoms with Crippen molar-refractivity contribution >= 4 is 23.6 Å². The lowest BCUT2D eigenvalue weighted by molar-refractivity contribution is -0.131. The molecule has 13 heavy (non-hydrogen) atoms. The van der Waals surface area contributed by atoms with Gasteiger partial charge in [-0.2, -0.15) is 0 Å². The van der Waals surface area contributed by atoms with E-state index in [1.165, 1.54) is 6.08 Å². The summed E-state index contributed by atoms with van der Waals surface area (Å²) in [5, 5.41) is 9.01. The van der Waals surface area contributed by atoms with E-state index in [0.29, 0.717) is 5.02 Å². The average molecular weight is 197 g/mol. The molecular weight excluding hydrogens is 188 g/mol.